The third-order valence-corrected chi connectivity index (χ3v) is 6.23. The number of hydrogen-bond acceptors (Lipinski definition) is 1. The zero-order chi connectivity index (χ0) is 15.2. The number of rotatable bonds is 5. The van der Waals surface area contributed by atoms with E-state index in [0.29, 0.717) is 20.9 Å². The molecule has 0 unspecified atom stereocenters. The molecule has 2 aromatic carbocycles. The van der Waals surface area contributed by atoms with Gasteiger partial charge >= 0.3 is 137 Å². The zero-order valence-corrected chi connectivity index (χ0v) is 14.0. The van der Waals surface area contributed by atoms with E-state index in [0.717, 1.165) is 12.8 Å². The fourth-order valence-electron chi connectivity index (χ4n) is 2.54. The van der Waals surface area contributed by atoms with Crippen molar-refractivity contribution in [2.75, 3.05) is 0 Å². The molecule has 0 atom stereocenters. The third-order valence-electron chi connectivity index (χ3n) is 3.62. The summed E-state index contributed by atoms with van der Waals surface area (Å²) in [5, 5.41) is 8.73. The first kappa shape index (κ1) is 14.8. The summed E-state index contributed by atoms with van der Waals surface area (Å²) < 4.78 is 2.96. The molecule has 0 aliphatic rings. The van der Waals surface area contributed by atoms with E-state index in [9.17, 15) is 0 Å². The Morgan fingerprint density at radius 2 is 1.50 bits per heavy atom. The van der Waals surface area contributed by atoms with Crippen LogP contribution in [-0.4, -0.2) is 14.5 Å². The first-order valence-corrected chi connectivity index (χ1v) is 9.20. The van der Waals surface area contributed by atoms with Crippen LogP contribution in [0.2, 0.25) is 0 Å². The third kappa shape index (κ3) is 3.39. The number of benzene rings is 2. The van der Waals surface area contributed by atoms with Crippen molar-refractivity contribution >= 4 is 14.5 Å². The minimum absolute atomic E-state index is 0.363. The Bertz CT molecular complexity index is 709. The van der Waals surface area contributed by atoms with Crippen LogP contribution in [0.1, 0.15) is 17.3 Å². The first-order valence-electron chi connectivity index (χ1n) is 7.49. The molecule has 1 nitrogen and oxygen atoms in total. The van der Waals surface area contributed by atoms with Gasteiger partial charge in [0.25, 0.3) is 0 Å². The molecule has 0 bridgehead atoms. The van der Waals surface area contributed by atoms with Gasteiger partial charge in [-0.25, -0.2) is 0 Å². The summed E-state index contributed by atoms with van der Waals surface area (Å²) >= 11 is 0.363. The van der Waals surface area contributed by atoms with Gasteiger partial charge in [-0.05, 0) is 0 Å². The topological polar surface area (TPSA) is 23.8 Å². The Balaban J connectivity index is 2.01. The Hall–Kier alpha value is -2.07. The molecule has 3 rings (SSSR count). The zero-order valence-electron chi connectivity index (χ0n) is 12.3. The van der Waals surface area contributed by atoms with Crippen LogP contribution in [0, 0.1) is 11.3 Å². The van der Waals surface area contributed by atoms with Crippen molar-refractivity contribution in [1.29, 1.82) is 5.26 Å². The van der Waals surface area contributed by atoms with E-state index in [4.69, 9.17) is 5.26 Å². The van der Waals surface area contributed by atoms with Crippen LogP contribution in [0.4, 0.5) is 0 Å². The van der Waals surface area contributed by atoms with Crippen molar-refractivity contribution in [2.45, 2.75) is 19.3 Å². The molecular formula is C20H17NSe. The molecule has 22 heavy (non-hydrogen) atoms. The SMILES string of the molecule is N#CCCCc1cc(-c2ccccc2)c(-c2ccccc2)[se]1. The Kier molecular flexibility index (Phi) is 4.91. The fraction of sp³-hybridized carbons (Fsp3) is 0.150. The molecule has 2 heteroatoms. The fourth-order valence-corrected chi connectivity index (χ4v) is 5.12. The summed E-state index contributed by atoms with van der Waals surface area (Å²) in [7, 11) is 0. The second kappa shape index (κ2) is 7.27. The van der Waals surface area contributed by atoms with Crippen molar-refractivity contribution in [2.24, 2.45) is 0 Å². The van der Waals surface area contributed by atoms with Crippen molar-refractivity contribution in [3.63, 3.8) is 0 Å². The molecule has 1 aromatic heterocycles. The van der Waals surface area contributed by atoms with E-state index in [1.165, 1.54) is 25.6 Å². The predicted molar refractivity (Wildman–Crippen MR) is 92.8 cm³/mol. The summed E-state index contributed by atoms with van der Waals surface area (Å²) in [6, 6.07) is 25.9. The maximum absolute atomic E-state index is 8.73. The first-order chi connectivity index (χ1) is 10.9. The van der Waals surface area contributed by atoms with E-state index >= 15 is 0 Å². The molecule has 3 aromatic rings. The van der Waals surface area contributed by atoms with Crippen LogP contribution < -0.4 is 0 Å². The van der Waals surface area contributed by atoms with Crippen molar-refractivity contribution < 1.29 is 0 Å². The Labute approximate surface area is 137 Å². The van der Waals surface area contributed by atoms with Gasteiger partial charge in [0, 0.05) is 0 Å². The number of nitriles is 1. The van der Waals surface area contributed by atoms with Crippen LogP contribution in [-0.2, 0) is 6.42 Å². The predicted octanol–water partition coefficient (Wildman–Crippen LogP) is 4.92. The molecule has 0 aliphatic carbocycles. The summed E-state index contributed by atoms with van der Waals surface area (Å²) in [5.74, 6) is 0. The van der Waals surface area contributed by atoms with Gasteiger partial charge in [0.1, 0.15) is 0 Å². The van der Waals surface area contributed by atoms with Crippen molar-refractivity contribution in [3.05, 3.63) is 71.2 Å². The molecule has 0 radical (unpaired) electrons. The van der Waals surface area contributed by atoms with Crippen LogP contribution in [0.15, 0.2) is 66.7 Å². The molecule has 0 saturated carbocycles. The second-order valence-corrected chi connectivity index (χ2v) is 7.58. The number of hydrogen-bond donors (Lipinski definition) is 0. The monoisotopic (exact) mass is 351 g/mol. The molecule has 0 spiro atoms. The molecule has 108 valence electrons. The average Bonchev–Trinajstić information content (AvgIpc) is 3.01. The van der Waals surface area contributed by atoms with E-state index in [2.05, 4.69) is 72.8 Å². The van der Waals surface area contributed by atoms with Crippen LogP contribution in [0.25, 0.3) is 21.1 Å². The van der Waals surface area contributed by atoms with Gasteiger partial charge in [-0.3, -0.25) is 0 Å². The summed E-state index contributed by atoms with van der Waals surface area (Å²) in [5.41, 5.74) is 3.98. The van der Waals surface area contributed by atoms with Gasteiger partial charge in [-0.2, -0.15) is 0 Å². The quantitative estimate of drug-likeness (QED) is 0.473. The normalized spacial score (nSPS) is 10.3. The number of nitrogens with zero attached hydrogens (tertiary/aromatic N) is 1. The van der Waals surface area contributed by atoms with Gasteiger partial charge in [0.15, 0.2) is 0 Å². The van der Waals surface area contributed by atoms with E-state index in [-0.39, 0.29) is 0 Å². The number of unbranched alkanes of at least 4 members (excludes halogenated alkanes) is 1. The Morgan fingerprint density at radius 1 is 0.864 bits per heavy atom. The van der Waals surface area contributed by atoms with E-state index < -0.39 is 0 Å². The second-order valence-electron chi connectivity index (χ2n) is 5.20. The molecule has 0 fully saturated rings. The van der Waals surface area contributed by atoms with Gasteiger partial charge in [0.2, 0.25) is 0 Å². The van der Waals surface area contributed by atoms with Gasteiger partial charge < -0.3 is 0 Å². The Morgan fingerprint density at radius 3 is 2.14 bits per heavy atom. The maximum atomic E-state index is 8.73. The standard InChI is InChI=1S/C20H17NSe/c21-14-8-7-13-18-15-19(16-9-3-1-4-10-16)20(22-18)17-11-5-2-6-12-17/h1-6,9-12,15H,7-8,13H2. The van der Waals surface area contributed by atoms with Gasteiger partial charge in [-0.15, -0.1) is 0 Å². The van der Waals surface area contributed by atoms with Crippen LogP contribution in [0.5, 0.6) is 0 Å². The van der Waals surface area contributed by atoms with Crippen LogP contribution >= 0.6 is 0 Å². The molecule has 0 N–H and O–H groups in total. The summed E-state index contributed by atoms with van der Waals surface area (Å²) in [6.45, 7) is 0. The van der Waals surface area contributed by atoms with Gasteiger partial charge in [0.05, 0.1) is 0 Å². The van der Waals surface area contributed by atoms with E-state index in [1.54, 1.807) is 0 Å². The number of aryl methyl sites for hydroxylation is 1. The van der Waals surface area contributed by atoms with Crippen LogP contribution in [0.3, 0.4) is 0 Å². The average molecular weight is 350 g/mol. The van der Waals surface area contributed by atoms with Crippen molar-refractivity contribution in [3.8, 4) is 27.2 Å². The molecule has 0 amide bonds. The molecule has 0 saturated heterocycles. The van der Waals surface area contributed by atoms with Gasteiger partial charge in [-0.1, -0.05) is 0 Å². The minimum atomic E-state index is 0.363. The molecular weight excluding hydrogens is 333 g/mol. The molecule has 1 heterocycles. The molecule has 0 aliphatic heterocycles. The summed E-state index contributed by atoms with van der Waals surface area (Å²) in [6.07, 6.45) is 2.66. The van der Waals surface area contributed by atoms with E-state index in [1.807, 2.05) is 0 Å². The van der Waals surface area contributed by atoms with Crippen molar-refractivity contribution in [1.82, 2.24) is 0 Å². The summed E-state index contributed by atoms with van der Waals surface area (Å²) in [4.78, 5) is 0.